The highest BCUT2D eigenvalue weighted by atomic mass is 32.1. The fourth-order valence-corrected chi connectivity index (χ4v) is 2.91. The van der Waals surface area contributed by atoms with E-state index in [0.717, 1.165) is 11.1 Å². The number of aryl methyl sites for hydroxylation is 1. The number of fused-ring (bicyclic) bond motifs is 1. The third kappa shape index (κ3) is 1.68. The van der Waals surface area contributed by atoms with E-state index in [-0.39, 0.29) is 5.56 Å². The largest absolute Gasteiger partial charge is 0.328 e. The lowest BCUT2D eigenvalue weighted by Crippen LogP contribution is -2.07. The maximum absolute atomic E-state index is 11.4. The Labute approximate surface area is 103 Å². The van der Waals surface area contributed by atoms with E-state index in [9.17, 15) is 4.79 Å². The number of thiophene rings is 1. The Bertz CT molecular complexity index is 739. The molecule has 3 aromatic rings. The minimum absolute atomic E-state index is 0.0212. The molecule has 3 rings (SSSR count). The fraction of sp³-hybridized carbons (Fsp3) is 0.0714. The summed E-state index contributed by atoms with van der Waals surface area (Å²) in [6, 6.07) is 10.3. The molecule has 0 unspecified atom stereocenters. The summed E-state index contributed by atoms with van der Waals surface area (Å²) in [5, 5.41) is 3.34. The lowest BCUT2D eigenvalue weighted by Gasteiger charge is -2.04. The summed E-state index contributed by atoms with van der Waals surface area (Å²) in [5.41, 5.74) is 2.97. The number of pyridine rings is 1. The quantitative estimate of drug-likeness (QED) is 0.694. The van der Waals surface area contributed by atoms with Gasteiger partial charge in [0.2, 0.25) is 0 Å². The van der Waals surface area contributed by atoms with E-state index < -0.39 is 0 Å². The Morgan fingerprint density at radius 2 is 2.12 bits per heavy atom. The first-order valence-corrected chi connectivity index (χ1v) is 6.29. The number of nitrogens with one attached hydrogen (secondary N) is 1. The second-order valence-corrected chi connectivity index (χ2v) is 4.96. The van der Waals surface area contributed by atoms with Crippen LogP contribution in [0, 0.1) is 6.92 Å². The summed E-state index contributed by atoms with van der Waals surface area (Å²) in [5.74, 6) is 0. The minimum atomic E-state index is -0.0212. The zero-order chi connectivity index (χ0) is 11.8. The van der Waals surface area contributed by atoms with Crippen molar-refractivity contribution in [2.75, 3.05) is 0 Å². The van der Waals surface area contributed by atoms with Crippen LogP contribution in [0.2, 0.25) is 0 Å². The van der Waals surface area contributed by atoms with Gasteiger partial charge in [-0.15, -0.1) is 11.3 Å². The van der Waals surface area contributed by atoms with Crippen LogP contribution in [-0.4, -0.2) is 4.98 Å². The molecule has 0 spiro atoms. The fourth-order valence-electron chi connectivity index (χ4n) is 1.97. The molecule has 0 saturated carbocycles. The topological polar surface area (TPSA) is 32.9 Å². The van der Waals surface area contributed by atoms with Gasteiger partial charge in [0.05, 0.1) is 0 Å². The van der Waals surface area contributed by atoms with Crippen molar-refractivity contribution in [1.29, 1.82) is 0 Å². The number of aromatic amines is 1. The van der Waals surface area contributed by atoms with E-state index in [0.29, 0.717) is 0 Å². The van der Waals surface area contributed by atoms with Crippen LogP contribution in [0.4, 0.5) is 0 Å². The lowest BCUT2D eigenvalue weighted by atomic mass is 10.0. The summed E-state index contributed by atoms with van der Waals surface area (Å²) in [6.07, 6.45) is 1.78. The molecule has 0 amide bonds. The number of H-pyrrole nitrogens is 1. The highest BCUT2D eigenvalue weighted by molar-refractivity contribution is 7.17. The van der Waals surface area contributed by atoms with Crippen molar-refractivity contribution in [3.8, 4) is 11.1 Å². The Morgan fingerprint density at radius 1 is 1.24 bits per heavy atom. The van der Waals surface area contributed by atoms with Crippen molar-refractivity contribution in [3.63, 3.8) is 0 Å². The van der Waals surface area contributed by atoms with Crippen molar-refractivity contribution >= 4 is 21.4 Å². The monoisotopic (exact) mass is 241 g/mol. The van der Waals surface area contributed by atoms with Gasteiger partial charge in [0.25, 0.3) is 5.56 Å². The summed E-state index contributed by atoms with van der Waals surface area (Å²) in [6.45, 7) is 1.83. The Kier molecular flexibility index (Phi) is 2.34. The number of aromatic nitrogens is 1. The molecule has 3 heteroatoms. The summed E-state index contributed by atoms with van der Waals surface area (Å²) < 4.78 is 1.26. The predicted molar refractivity (Wildman–Crippen MR) is 72.6 cm³/mol. The van der Waals surface area contributed by atoms with Crippen LogP contribution in [0.5, 0.6) is 0 Å². The minimum Gasteiger partial charge on any atom is -0.328 e. The number of hydrogen-bond donors (Lipinski definition) is 1. The smallest absolute Gasteiger partial charge is 0.250 e. The number of hydrogen-bond acceptors (Lipinski definition) is 2. The summed E-state index contributed by atoms with van der Waals surface area (Å²) in [4.78, 5) is 14.1. The van der Waals surface area contributed by atoms with E-state index >= 15 is 0 Å². The van der Waals surface area contributed by atoms with Gasteiger partial charge in [0.15, 0.2) is 0 Å². The highest BCUT2D eigenvalue weighted by Gasteiger charge is 2.05. The van der Waals surface area contributed by atoms with Crippen molar-refractivity contribution in [2.24, 2.45) is 0 Å². The van der Waals surface area contributed by atoms with E-state index in [1.165, 1.54) is 15.6 Å². The third-order valence-electron chi connectivity index (χ3n) is 2.88. The molecular formula is C14H11NOS. The van der Waals surface area contributed by atoms with Crippen molar-refractivity contribution in [1.82, 2.24) is 4.98 Å². The molecule has 84 valence electrons. The van der Waals surface area contributed by atoms with Gasteiger partial charge in [-0.1, -0.05) is 18.2 Å². The van der Waals surface area contributed by atoms with Crippen LogP contribution in [0.15, 0.2) is 46.7 Å². The van der Waals surface area contributed by atoms with Gasteiger partial charge in [-0.3, -0.25) is 4.79 Å². The first-order chi connectivity index (χ1) is 8.25. The molecule has 0 aliphatic heterocycles. The molecule has 0 atom stereocenters. The van der Waals surface area contributed by atoms with Gasteiger partial charge in [0, 0.05) is 22.0 Å². The molecule has 0 aliphatic rings. The molecule has 0 saturated heterocycles. The molecule has 0 aliphatic carbocycles. The van der Waals surface area contributed by atoms with Gasteiger partial charge < -0.3 is 4.98 Å². The highest BCUT2D eigenvalue weighted by Crippen LogP contribution is 2.31. The maximum Gasteiger partial charge on any atom is 0.250 e. The first-order valence-electron chi connectivity index (χ1n) is 5.41. The summed E-state index contributed by atoms with van der Waals surface area (Å²) >= 11 is 1.73. The second-order valence-electron chi connectivity index (χ2n) is 4.05. The van der Waals surface area contributed by atoms with Crippen molar-refractivity contribution in [2.45, 2.75) is 6.92 Å². The van der Waals surface area contributed by atoms with Gasteiger partial charge in [-0.2, -0.15) is 0 Å². The standard InChI is InChI=1S/C14H11NOS/c1-9-7-11(8-15-14(9)16)12-4-2-3-10-5-6-17-13(10)12/h2-8H,1H3,(H,15,16). The van der Waals surface area contributed by atoms with Crippen LogP contribution in [-0.2, 0) is 0 Å². The Balaban J connectivity index is 2.30. The molecule has 2 aromatic heterocycles. The van der Waals surface area contributed by atoms with E-state index in [2.05, 4.69) is 28.6 Å². The van der Waals surface area contributed by atoms with Gasteiger partial charge >= 0.3 is 0 Å². The molecule has 0 fully saturated rings. The Morgan fingerprint density at radius 3 is 2.94 bits per heavy atom. The first kappa shape index (κ1) is 10.3. The van der Waals surface area contributed by atoms with Crippen molar-refractivity contribution < 1.29 is 0 Å². The molecule has 17 heavy (non-hydrogen) atoms. The van der Waals surface area contributed by atoms with Crippen molar-refractivity contribution in [3.05, 3.63) is 57.8 Å². The average Bonchev–Trinajstić information content (AvgIpc) is 2.80. The molecule has 2 nitrogen and oxygen atoms in total. The molecule has 1 aromatic carbocycles. The van der Waals surface area contributed by atoms with Crippen LogP contribution in [0.3, 0.4) is 0 Å². The van der Waals surface area contributed by atoms with Gasteiger partial charge in [0.1, 0.15) is 0 Å². The SMILES string of the molecule is Cc1cc(-c2cccc3ccsc23)c[nH]c1=O. The van der Waals surface area contributed by atoms with E-state index in [1.807, 2.05) is 19.1 Å². The molecule has 0 bridgehead atoms. The van der Waals surface area contributed by atoms with E-state index in [1.54, 1.807) is 17.5 Å². The van der Waals surface area contributed by atoms with Crippen LogP contribution in [0.1, 0.15) is 5.56 Å². The molecule has 0 radical (unpaired) electrons. The predicted octanol–water partition coefficient (Wildman–Crippen LogP) is 3.57. The zero-order valence-electron chi connectivity index (χ0n) is 9.36. The van der Waals surface area contributed by atoms with Crippen LogP contribution >= 0.6 is 11.3 Å². The molecule has 2 heterocycles. The second kappa shape index (κ2) is 3.86. The molecular weight excluding hydrogens is 230 g/mol. The zero-order valence-corrected chi connectivity index (χ0v) is 10.2. The van der Waals surface area contributed by atoms with Crippen LogP contribution < -0.4 is 5.56 Å². The van der Waals surface area contributed by atoms with Crippen LogP contribution in [0.25, 0.3) is 21.2 Å². The third-order valence-corrected chi connectivity index (χ3v) is 3.84. The Hall–Kier alpha value is -1.87. The number of rotatable bonds is 1. The average molecular weight is 241 g/mol. The maximum atomic E-state index is 11.4. The van der Waals surface area contributed by atoms with E-state index in [4.69, 9.17) is 0 Å². The summed E-state index contributed by atoms with van der Waals surface area (Å²) in [7, 11) is 0. The van der Waals surface area contributed by atoms with Gasteiger partial charge in [-0.05, 0) is 35.4 Å². The van der Waals surface area contributed by atoms with Gasteiger partial charge in [-0.25, -0.2) is 0 Å². The molecule has 1 N–H and O–H groups in total. The lowest BCUT2D eigenvalue weighted by molar-refractivity contribution is 1.18. The number of benzene rings is 1. The normalized spacial score (nSPS) is 10.9.